The highest BCUT2D eigenvalue weighted by Crippen LogP contribution is 2.39. The van der Waals surface area contributed by atoms with Crippen molar-refractivity contribution in [1.82, 2.24) is 4.98 Å². The Balaban J connectivity index is 1.55. The second kappa shape index (κ2) is 7.73. The van der Waals surface area contributed by atoms with E-state index < -0.39 is 0 Å². The molecule has 1 aliphatic carbocycles. The normalized spacial score (nSPS) is 19.2. The molecule has 0 radical (unpaired) electrons. The van der Waals surface area contributed by atoms with E-state index in [-0.39, 0.29) is 18.3 Å². The summed E-state index contributed by atoms with van der Waals surface area (Å²) in [4.78, 5) is 3.73. The Morgan fingerprint density at radius 1 is 0.824 bits per heavy atom. The number of allylic oxidation sites excluding steroid dienone is 4. The molecule has 4 heteroatoms. The topological polar surface area (TPSA) is 34.2 Å². The number of hydrogen-bond donors (Lipinski definition) is 1. The van der Waals surface area contributed by atoms with Crippen molar-refractivity contribution in [3.05, 3.63) is 84.5 Å². The highest BCUT2D eigenvalue weighted by atomic mass is 16.7. The minimum Gasteiger partial charge on any atom is -0.399 e. The van der Waals surface area contributed by atoms with Gasteiger partial charge in [-0.15, -0.1) is 0 Å². The maximum absolute atomic E-state index is 6.35. The lowest BCUT2D eigenvalue weighted by atomic mass is 9.78. The van der Waals surface area contributed by atoms with E-state index in [1.165, 1.54) is 38.6 Å². The van der Waals surface area contributed by atoms with Gasteiger partial charge in [-0.1, -0.05) is 60.7 Å². The van der Waals surface area contributed by atoms with E-state index in [0.29, 0.717) is 0 Å². The summed E-state index contributed by atoms with van der Waals surface area (Å²) in [6.07, 6.45) is 8.81. The molecular formula is C30H30BNO2. The highest BCUT2D eigenvalue weighted by molar-refractivity contribution is 6.62. The van der Waals surface area contributed by atoms with Crippen molar-refractivity contribution in [2.24, 2.45) is 0 Å². The van der Waals surface area contributed by atoms with Crippen molar-refractivity contribution in [3.63, 3.8) is 0 Å². The SMILES string of the molecule is CC1(C)OB(c2ccc3[nH]c4c(C5=CC=CCC5)cc(-c5ccccc5)cc4c3c2)OC1(C)C. The molecule has 3 nitrogen and oxygen atoms in total. The average molecular weight is 447 g/mol. The summed E-state index contributed by atoms with van der Waals surface area (Å²) in [6, 6.07) is 21.8. The zero-order valence-electron chi connectivity index (χ0n) is 20.3. The van der Waals surface area contributed by atoms with E-state index in [9.17, 15) is 0 Å². The zero-order chi connectivity index (χ0) is 23.5. The first kappa shape index (κ1) is 21.5. The van der Waals surface area contributed by atoms with E-state index in [4.69, 9.17) is 9.31 Å². The molecule has 0 spiro atoms. The number of H-pyrrole nitrogens is 1. The molecule has 1 N–H and O–H groups in total. The number of aromatic nitrogens is 1. The Labute approximate surface area is 201 Å². The van der Waals surface area contributed by atoms with Crippen LogP contribution in [0.15, 0.2) is 78.9 Å². The molecule has 1 saturated heterocycles. The summed E-state index contributed by atoms with van der Waals surface area (Å²) in [5.74, 6) is 0. The smallest absolute Gasteiger partial charge is 0.399 e. The van der Waals surface area contributed by atoms with Crippen molar-refractivity contribution in [2.75, 3.05) is 0 Å². The van der Waals surface area contributed by atoms with Gasteiger partial charge >= 0.3 is 7.12 Å². The first-order valence-electron chi connectivity index (χ1n) is 12.2. The Morgan fingerprint density at radius 3 is 2.29 bits per heavy atom. The van der Waals surface area contributed by atoms with Crippen LogP contribution in [0.3, 0.4) is 0 Å². The summed E-state index contributed by atoms with van der Waals surface area (Å²) >= 11 is 0. The lowest BCUT2D eigenvalue weighted by Gasteiger charge is -2.32. The van der Waals surface area contributed by atoms with Crippen LogP contribution < -0.4 is 5.46 Å². The largest absolute Gasteiger partial charge is 0.494 e. The number of rotatable bonds is 3. The van der Waals surface area contributed by atoms with Crippen LogP contribution in [0.5, 0.6) is 0 Å². The molecule has 2 aliphatic rings. The van der Waals surface area contributed by atoms with Gasteiger partial charge in [-0.25, -0.2) is 0 Å². The Morgan fingerprint density at radius 2 is 1.59 bits per heavy atom. The molecule has 34 heavy (non-hydrogen) atoms. The van der Waals surface area contributed by atoms with Gasteiger partial charge in [0.05, 0.1) is 16.7 Å². The molecule has 1 aromatic heterocycles. The van der Waals surface area contributed by atoms with Crippen molar-refractivity contribution in [2.45, 2.75) is 51.7 Å². The number of nitrogens with one attached hydrogen (secondary N) is 1. The standard InChI is InChI=1S/C30H30BNO2/c1-29(2)30(3,4)34-31(33-29)23-15-16-27-25(19-23)26-18-22(20-11-7-5-8-12-20)17-24(28(26)32-27)21-13-9-6-10-14-21/h5-9,11-13,15-19,32H,10,14H2,1-4H3. The monoisotopic (exact) mass is 447 g/mol. The van der Waals surface area contributed by atoms with Gasteiger partial charge in [0.25, 0.3) is 0 Å². The summed E-state index contributed by atoms with van der Waals surface area (Å²) in [5, 5.41) is 2.44. The molecule has 4 aromatic rings. The van der Waals surface area contributed by atoms with Crippen LogP contribution in [0.1, 0.15) is 46.1 Å². The summed E-state index contributed by atoms with van der Waals surface area (Å²) in [7, 11) is -0.373. The molecule has 0 saturated carbocycles. The molecule has 0 amide bonds. The van der Waals surface area contributed by atoms with Gasteiger partial charge in [0.15, 0.2) is 0 Å². The van der Waals surface area contributed by atoms with Crippen molar-refractivity contribution < 1.29 is 9.31 Å². The maximum Gasteiger partial charge on any atom is 0.494 e. The first-order valence-corrected chi connectivity index (χ1v) is 12.2. The minimum atomic E-state index is -0.373. The van der Waals surface area contributed by atoms with Gasteiger partial charge in [0.2, 0.25) is 0 Å². The lowest BCUT2D eigenvalue weighted by Crippen LogP contribution is -2.41. The van der Waals surface area contributed by atoms with Crippen LogP contribution in [-0.4, -0.2) is 23.3 Å². The molecular weight excluding hydrogens is 417 g/mol. The molecule has 2 heterocycles. The lowest BCUT2D eigenvalue weighted by molar-refractivity contribution is 0.00578. The number of aromatic amines is 1. The van der Waals surface area contributed by atoms with Crippen LogP contribution in [0, 0.1) is 0 Å². The second-order valence-electron chi connectivity index (χ2n) is 10.5. The van der Waals surface area contributed by atoms with Gasteiger partial charge < -0.3 is 14.3 Å². The van der Waals surface area contributed by atoms with Crippen LogP contribution in [-0.2, 0) is 9.31 Å². The second-order valence-corrected chi connectivity index (χ2v) is 10.5. The van der Waals surface area contributed by atoms with Crippen molar-refractivity contribution in [1.29, 1.82) is 0 Å². The Kier molecular flexibility index (Phi) is 4.88. The molecule has 1 aliphatic heterocycles. The first-order chi connectivity index (χ1) is 16.3. The molecule has 1 fully saturated rings. The van der Waals surface area contributed by atoms with Gasteiger partial charge in [0, 0.05) is 21.9 Å². The molecule has 0 bridgehead atoms. The van der Waals surface area contributed by atoms with E-state index >= 15 is 0 Å². The van der Waals surface area contributed by atoms with Crippen LogP contribution >= 0.6 is 0 Å². The quantitative estimate of drug-likeness (QED) is 0.343. The molecule has 3 aromatic carbocycles. The average Bonchev–Trinajstić information content (AvgIpc) is 3.32. The fraction of sp³-hybridized carbons (Fsp3) is 0.267. The van der Waals surface area contributed by atoms with Gasteiger partial charge in [0.1, 0.15) is 0 Å². The third kappa shape index (κ3) is 3.44. The van der Waals surface area contributed by atoms with Crippen LogP contribution in [0.4, 0.5) is 0 Å². The summed E-state index contributed by atoms with van der Waals surface area (Å²) < 4.78 is 12.7. The predicted molar refractivity (Wildman–Crippen MR) is 143 cm³/mol. The van der Waals surface area contributed by atoms with Crippen molar-refractivity contribution in [3.8, 4) is 11.1 Å². The van der Waals surface area contributed by atoms with E-state index in [2.05, 4.69) is 112 Å². The molecule has 0 unspecified atom stereocenters. The fourth-order valence-corrected chi connectivity index (χ4v) is 5.02. The van der Waals surface area contributed by atoms with Gasteiger partial charge in [-0.05, 0) is 80.9 Å². The number of benzene rings is 3. The van der Waals surface area contributed by atoms with Crippen LogP contribution in [0.2, 0.25) is 0 Å². The van der Waals surface area contributed by atoms with Gasteiger partial charge in [-0.2, -0.15) is 0 Å². The zero-order valence-corrected chi connectivity index (χ0v) is 20.3. The summed E-state index contributed by atoms with van der Waals surface area (Å²) in [5.41, 5.74) is 7.80. The Bertz CT molecular complexity index is 1440. The number of hydrogen-bond acceptors (Lipinski definition) is 2. The summed E-state index contributed by atoms with van der Waals surface area (Å²) in [6.45, 7) is 8.40. The molecule has 6 rings (SSSR count). The van der Waals surface area contributed by atoms with E-state index in [1.54, 1.807) is 0 Å². The van der Waals surface area contributed by atoms with Gasteiger partial charge in [-0.3, -0.25) is 0 Å². The maximum atomic E-state index is 6.35. The third-order valence-corrected chi connectivity index (χ3v) is 7.72. The van der Waals surface area contributed by atoms with Crippen LogP contribution in [0.25, 0.3) is 38.5 Å². The van der Waals surface area contributed by atoms with E-state index in [0.717, 1.165) is 23.8 Å². The molecule has 0 atom stereocenters. The molecule has 170 valence electrons. The van der Waals surface area contributed by atoms with Crippen molar-refractivity contribution >= 4 is 40.0 Å². The fourth-order valence-electron chi connectivity index (χ4n) is 5.02. The Hall–Kier alpha value is -3.08. The third-order valence-electron chi connectivity index (χ3n) is 7.72. The number of fused-ring (bicyclic) bond motifs is 3. The predicted octanol–water partition coefficient (Wildman–Crippen LogP) is 7.02. The van der Waals surface area contributed by atoms with E-state index in [1.807, 2.05) is 0 Å². The minimum absolute atomic E-state index is 0.360. The highest BCUT2D eigenvalue weighted by Gasteiger charge is 2.51.